The summed E-state index contributed by atoms with van der Waals surface area (Å²) in [5.41, 5.74) is 0.813. The monoisotopic (exact) mass is 457 g/mol. The molecule has 1 N–H and O–H groups in total. The summed E-state index contributed by atoms with van der Waals surface area (Å²) in [6.07, 6.45) is 1.49. The van der Waals surface area contributed by atoms with Crippen LogP contribution in [0.5, 0.6) is 5.75 Å². The summed E-state index contributed by atoms with van der Waals surface area (Å²) in [4.78, 5) is 27.3. The fourth-order valence-electron chi connectivity index (χ4n) is 3.64. The first-order chi connectivity index (χ1) is 14.9. The molecule has 1 saturated heterocycles. The quantitative estimate of drug-likeness (QED) is 0.322. The van der Waals surface area contributed by atoms with E-state index in [0.29, 0.717) is 11.3 Å². The van der Waals surface area contributed by atoms with Crippen molar-refractivity contribution in [2.45, 2.75) is 12.6 Å². The molecule has 0 spiro atoms. The van der Waals surface area contributed by atoms with E-state index in [1.165, 1.54) is 30.4 Å². The standard InChI is InChI=1S/C23H17Cl2NO5/c1-30-22-16(24)10-14(11-17(22)25)20(27)18-19(13-6-3-2-4-7-13)26(23(29)21(18)28)12-15-8-5-9-31-15/h2-11,19,27H,12H2,1H3/b20-18+. The van der Waals surface area contributed by atoms with Crippen LogP contribution in [0.15, 0.2) is 70.9 Å². The first kappa shape index (κ1) is 21.0. The number of halogens is 2. The second-order valence-electron chi connectivity index (χ2n) is 6.89. The Labute approximate surface area is 188 Å². The SMILES string of the molecule is COc1c(Cl)cc(/C(O)=C2\C(=O)C(=O)N(Cc3ccco3)C2c2ccccc2)cc1Cl. The number of amides is 1. The maximum Gasteiger partial charge on any atom is 0.296 e. The average Bonchev–Trinajstić information content (AvgIpc) is 3.36. The van der Waals surface area contributed by atoms with Gasteiger partial charge in [0.25, 0.3) is 11.7 Å². The molecule has 1 aromatic heterocycles. The molecule has 0 bridgehead atoms. The third kappa shape index (κ3) is 3.80. The Hall–Kier alpha value is -3.22. The fraction of sp³-hybridized carbons (Fsp3) is 0.130. The van der Waals surface area contributed by atoms with E-state index in [1.807, 2.05) is 6.07 Å². The molecular weight excluding hydrogens is 441 g/mol. The second-order valence-corrected chi connectivity index (χ2v) is 7.70. The van der Waals surface area contributed by atoms with Crippen LogP contribution in [0.4, 0.5) is 0 Å². The maximum atomic E-state index is 13.0. The molecule has 1 fully saturated rings. The van der Waals surface area contributed by atoms with Gasteiger partial charge in [-0.1, -0.05) is 53.5 Å². The van der Waals surface area contributed by atoms with Crippen LogP contribution >= 0.6 is 23.2 Å². The zero-order valence-electron chi connectivity index (χ0n) is 16.3. The Morgan fingerprint density at radius 2 is 1.77 bits per heavy atom. The highest BCUT2D eigenvalue weighted by Crippen LogP contribution is 2.42. The van der Waals surface area contributed by atoms with Crippen molar-refractivity contribution in [1.29, 1.82) is 0 Å². The van der Waals surface area contributed by atoms with Crippen molar-refractivity contribution in [3.63, 3.8) is 0 Å². The number of methoxy groups -OCH3 is 1. The molecule has 0 aliphatic carbocycles. The van der Waals surface area contributed by atoms with E-state index in [-0.39, 0.29) is 39.2 Å². The number of furan rings is 1. The number of nitrogens with zero attached hydrogens (tertiary/aromatic N) is 1. The lowest BCUT2D eigenvalue weighted by Gasteiger charge is -2.24. The summed E-state index contributed by atoms with van der Waals surface area (Å²) in [5, 5.41) is 11.4. The van der Waals surface area contributed by atoms with Crippen molar-refractivity contribution in [3.8, 4) is 5.75 Å². The number of hydrogen-bond acceptors (Lipinski definition) is 5. The first-order valence-electron chi connectivity index (χ1n) is 9.31. The summed E-state index contributed by atoms with van der Waals surface area (Å²) >= 11 is 12.4. The van der Waals surface area contributed by atoms with E-state index in [2.05, 4.69) is 0 Å². The number of aliphatic hydroxyl groups is 1. The molecule has 1 amide bonds. The van der Waals surface area contributed by atoms with Crippen LogP contribution in [0.25, 0.3) is 5.76 Å². The average molecular weight is 458 g/mol. The normalized spacial score (nSPS) is 17.9. The molecule has 4 rings (SSSR count). The Kier molecular flexibility index (Phi) is 5.76. The van der Waals surface area contributed by atoms with E-state index < -0.39 is 17.7 Å². The highest BCUT2D eigenvalue weighted by Gasteiger charge is 2.46. The number of aliphatic hydroxyl groups excluding tert-OH is 1. The van der Waals surface area contributed by atoms with Gasteiger partial charge in [-0.3, -0.25) is 9.59 Å². The number of carbonyl (C=O) groups is 2. The van der Waals surface area contributed by atoms with Gasteiger partial charge in [0.15, 0.2) is 5.75 Å². The third-order valence-electron chi connectivity index (χ3n) is 5.04. The minimum atomic E-state index is -0.814. The van der Waals surface area contributed by atoms with Gasteiger partial charge in [0.05, 0.1) is 41.6 Å². The summed E-state index contributed by atoms with van der Waals surface area (Å²) < 4.78 is 10.5. The molecule has 0 saturated carbocycles. The zero-order valence-corrected chi connectivity index (χ0v) is 17.9. The van der Waals surface area contributed by atoms with Crippen molar-refractivity contribution < 1.29 is 23.8 Å². The first-order valence-corrected chi connectivity index (χ1v) is 10.1. The van der Waals surface area contributed by atoms with E-state index in [4.69, 9.17) is 32.4 Å². The largest absolute Gasteiger partial charge is 0.507 e. The molecule has 1 atom stereocenters. The minimum absolute atomic E-state index is 0.0555. The van der Waals surface area contributed by atoms with Crippen LogP contribution in [0.3, 0.4) is 0 Å². The Bertz CT molecular complexity index is 1150. The highest BCUT2D eigenvalue weighted by molar-refractivity contribution is 6.46. The predicted octanol–water partition coefficient (Wildman–Crippen LogP) is 5.22. The van der Waals surface area contributed by atoms with Crippen molar-refractivity contribution in [2.75, 3.05) is 7.11 Å². The molecule has 2 heterocycles. The van der Waals surface area contributed by atoms with Crippen molar-refractivity contribution >= 4 is 40.7 Å². The third-order valence-corrected chi connectivity index (χ3v) is 5.60. The van der Waals surface area contributed by atoms with Crippen molar-refractivity contribution in [1.82, 2.24) is 4.90 Å². The van der Waals surface area contributed by atoms with Gasteiger partial charge in [-0.15, -0.1) is 0 Å². The summed E-state index contributed by atoms with van der Waals surface area (Å²) in [5.74, 6) is -1.16. The lowest BCUT2D eigenvalue weighted by atomic mass is 9.95. The van der Waals surface area contributed by atoms with E-state index in [0.717, 1.165) is 0 Å². The molecule has 1 aliphatic rings. The van der Waals surface area contributed by atoms with Crippen LogP contribution in [0.1, 0.15) is 22.9 Å². The van der Waals surface area contributed by atoms with Gasteiger partial charge < -0.3 is 19.2 Å². The van der Waals surface area contributed by atoms with Crippen LogP contribution in [-0.2, 0) is 16.1 Å². The van der Waals surface area contributed by atoms with Crippen molar-refractivity contribution in [3.05, 3.63) is 93.4 Å². The van der Waals surface area contributed by atoms with Crippen LogP contribution in [0, 0.1) is 0 Å². The van der Waals surface area contributed by atoms with E-state index >= 15 is 0 Å². The predicted molar refractivity (Wildman–Crippen MR) is 116 cm³/mol. The van der Waals surface area contributed by atoms with Crippen LogP contribution in [0.2, 0.25) is 10.0 Å². The fourth-order valence-corrected chi connectivity index (χ4v) is 4.28. The molecule has 1 unspecified atom stereocenters. The van der Waals surface area contributed by atoms with E-state index in [1.54, 1.807) is 36.4 Å². The molecule has 31 heavy (non-hydrogen) atoms. The van der Waals surface area contributed by atoms with Gasteiger partial charge in [-0.25, -0.2) is 0 Å². The van der Waals surface area contributed by atoms with Gasteiger partial charge in [-0.2, -0.15) is 0 Å². The van der Waals surface area contributed by atoms with E-state index in [9.17, 15) is 14.7 Å². The van der Waals surface area contributed by atoms with Gasteiger partial charge in [0, 0.05) is 5.56 Å². The maximum absolute atomic E-state index is 13.0. The Morgan fingerprint density at radius 1 is 1.10 bits per heavy atom. The van der Waals surface area contributed by atoms with Gasteiger partial charge in [0.2, 0.25) is 0 Å². The highest BCUT2D eigenvalue weighted by atomic mass is 35.5. The number of hydrogen-bond donors (Lipinski definition) is 1. The van der Waals surface area contributed by atoms with Crippen LogP contribution in [-0.4, -0.2) is 28.8 Å². The lowest BCUT2D eigenvalue weighted by molar-refractivity contribution is -0.140. The number of benzene rings is 2. The number of carbonyl (C=O) groups excluding carboxylic acids is 2. The molecule has 1 aliphatic heterocycles. The van der Waals surface area contributed by atoms with Gasteiger partial charge in [-0.05, 0) is 29.8 Å². The second kappa shape index (κ2) is 8.49. The molecule has 3 aromatic rings. The topological polar surface area (TPSA) is 80.0 Å². The number of rotatable bonds is 5. The number of likely N-dealkylation sites (tertiary alicyclic amines) is 1. The molecule has 8 heteroatoms. The van der Waals surface area contributed by atoms with Crippen LogP contribution < -0.4 is 4.74 Å². The molecule has 0 radical (unpaired) electrons. The summed E-state index contributed by atoms with van der Waals surface area (Å²) in [6, 6.07) is 14.5. The number of ether oxygens (including phenoxy) is 1. The molecule has 2 aromatic carbocycles. The Balaban J connectivity index is 1.88. The van der Waals surface area contributed by atoms with Gasteiger partial charge >= 0.3 is 0 Å². The van der Waals surface area contributed by atoms with Gasteiger partial charge in [0.1, 0.15) is 11.5 Å². The molecular formula is C23H17Cl2NO5. The minimum Gasteiger partial charge on any atom is -0.507 e. The Morgan fingerprint density at radius 3 is 2.35 bits per heavy atom. The summed E-state index contributed by atoms with van der Waals surface area (Å²) in [7, 11) is 1.42. The number of ketones is 1. The number of Topliss-reactive ketones (excluding diaryl/α,β-unsaturated/α-hetero) is 1. The smallest absolute Gasteiger partial charge is 0.296 e. The molecule has 6 nitrogen and oxygen atoms in total. The summed E-state index contributed by atoms with van der Waals surface area (Å²) in [6.45, 7) is 0.0675. The van der Waals surface area contributed by atoms with Crippen molar-refractivity contribution in [2.24, 2.45) is 0 Å². The molecule has 158 valence electrons. The lowest BCUT2D eigenvalue weighted by Crippen LogP contribution is -2.29. The zero-order chi connectivity index (χ0) is 22.1.